The zero-order chi connectivity index (χ0) is 19.2. The number of benzene rings is 1. The summed E-state index contributed by atoms with van der Waals surface area (Å²) in [6.45, 7) is 6.39. The molecule has 2 heterocycles. The number of nitrogens with zero attached hydrogens (tertiary/aromatic N) is 4. The number of hydrogen-bond acceptors (Lipinski definition) is 6. The van der Waals surface area contributed by atoms with Crippen molar-refractivity contribution in [3.05, 3.63) is 47.9 Å². The van der Waals surface area contributed by atoms with E-state index in [4.69, 9.17) is 4.74 Å². The third-order valence-corrected chi connectivity index (χ3v) is 4.76. The van der Waals surface area contributed by atoms with E-state index >= 15 is 0 Å². The van der Waals surface area contributed by atoms with E-state index in [1.54, 1.807) is 11.2 Å². The van der Waals surface area contributed by atoms with E-state index in [-0.39, 0.29) is 12.5 Å². The van der Waals surface area contributed by atoms with Crippen LogP contribution < -0.4 is 9.64 Å². The first-order valence-electron chi connectivity index (χ1n) is 9.29. The second-order valence-corrected chi connectivity index (χ2v) is 6.63. The largest absolute Gasteiger partial charge is 0.490 e. The summed E-state index contributed by atoms with van der Waals surface area (Å²) in [7, 11) is 0. The van der Waals surface area contributed by atoms with Crippen molar-refractivity contribution >= 4 is 11.7 Å². The number of carbonyl (C=O) groups excluding carboxylic acids is 1. The van der Waals surface area contributed by atoms with Crippen LogP contribution in [0.25, 0.3) is 0 Å². The second kappa shape index (κ2) is 8.81. The quantitative estimate of drug-likeness (QED) is 0.829. The van der Waals surface area contributed by atoms with Gasteiger partial charge in [-0.05, 0) is 25.0 Å². The Morgan fingerprint density at radius 2 is 1.96 bits per heavy atom. The Morgan fingerprint density at radius 1 is 1.22 bits per heavy atom. The van der Waals surface area contributed by atoms with Crippen molar-refractivity contribution < 1.29 is 14.6 Å². The Hall–Kier alpha value is -2.67. The van der Waals surface area contributed by atoms with Crippen molar-refractivity contribution in [1.82, 2.24) is 14.9 Å². The van der Waals surface area contributed by atoms with Crippen LogP contribution >= 0.6 is 0 Å². The lowest BCUT2D eigenvalue weighted by Crippen LogP contribution is -2.52. The monoisotopic (exact) mass is 370 g/mol. The second-order valence-electron chi connectivity index (χ2n) is 6.63. The van der Waals surface area contributed by atoms with E-state index in [1.807, 2.05) is 37.3 Å². The summed E-state index contributed by atoms with van der Waals surface area (Å²) in [4.78, 5) is 24.9. The molecule has 7 heteroatoms. The number of anilines is 1. The predicted octanol–water partition coefficient (Wildman–Crippen LogP) is 1.44. The van der Waals surface area contributed by atoms with E-state index in [9.17, 15) is 9.90 Å². The average Bonchev–Trinajstić information content (AvgIpc) is 2.72. The summed E-state index contributed by atoms with van der Waals surface area (Å²) < 4.78 is 5.60. The first-order chi connectivity index (χ1) is 13.1. The molecule has 2 aromatic rings. The van der Waals surface area contributed by atoms with Crippen LogP contribution in [0.2, 0.25) is 0 Å². The first kappa shape index (κ1) is 19.1. The third kappa shape index (κ3) is 4.74. The highest BCUT2D eigenvalue weighted by molar-refractivity contribution is 5.81. The maximum atomic E-state index is 12.5. The number of aryl methyl sites for hydroxylation is 2. The standard InChI is InChI=1S/C20H26N4O3/c1-3-16-12-19(22-14-21-16)23-8-10-24(11-9-23)20(26)17(25)13-27-18-7-5-4-6-15(18)2/h4-7,12,14,17,25H,3,8-11,13H2,1-2H3. The van der Waals surface area contributed by atoms with E-state index in [0.29, 0.717) is 31.9 Å². The number of para-hydroxylation sites is 1. The summed E-state index contributed by atoms with van der Waals surface area (Å²) in [5, 5.41) is 10.2. The highest BCUT2D eigenvalue weighted by Gasteiger charge is 2.27. The average molecular weight is 370 g/mol. The number of rotatable bonds is 6. The van der Waals surface area contributed by atoms with Crippen molar-refractivity contribution in [2.45, 2.75) is 26.4 Å². The lowest BCUT2D eigenvalue weighted by Gasteiger charge is -2.36. The Bertz CT molecular complexity index is 775. The van der Waals surface area contributed by atoms with Crippen LogP contribution in [-0.2, 0) is 11.2 Å². The van der Waals surface area contributed by atoms with Gasteiger partial charge in [-0.1, -0.05) is 25.1 Å². The molecule has 0 radical (unpaired) electrons. The number of carbonyl (C=O) groups is 1. The smallest absolute Gasteiger partial charge is 0.255 e. The number of amides is 1. The minimum atomic E-state index is -1.16. The molecular formula is C20H26N4O3. The van der Waals surface area contributed by atoms with Crippen LogP contribution in [-0.4, -0.2) is 64.8 Å². The normalized spacial score (nSPS) is 15.5. The van der Waals surface area contributed by atoms with Crippen LogP contribution in [0.5, 0.6) is 5.75 Å². The van der Waals surface area contributed by atoms with Crippen molar-refractivity contribution in [2.24, 2.45) is 0 Å². The van der Waals surface area contributed by atoms with Gasteiger partial charge in [-0.3, -0.25) is 4.79 Å². The third-order valence-electron chi connectivity index (χ3n) is 4.76. The van der Waals surface area contributed by atoms with Gasteiger partial charge in [0.25, 0.3) is 5.91 Å². The van der Waals surface area contributed by atoms with Crippen LogP contribution in [0.15, 0.2) is 36.7 Å². The fourth-order valence-corrected chi connectivity index (χ4v) is 3.08. The lowest BCUT2D eigenvalue weighted by atomic mass is 10.2. The summed E-state index contributed by atoms with van der Waals surface area (Å²) in [6.07, 6.45) is 1.28. The van der Waals surface area contributed by atoms with Crippen molar-refractivity contribution in [3.63, 3.8) is 0 Å². The predicted molar refractivity (Wildman–Crippen MR) is 103 cm³/mol. The molecule has 1 saturated heterocycles. The van der Waals surface area contributed by atoms with Crippen LogP contribution in [0, 0.1) is 6.92 Å². The molecular weight excluding hydrogens is 344 g/mol. The first-order valence-corrected chi connectivity index (χ1v) is 9.29. The maximum absolute atomic E-state index is 12.5. The molecule has 0 spiro atoms. The van der Waals surface area contributed by atoms with E-state index in [2.05, 4.69) is 21.8 Å². The molecule has 0 aliphatic carbocycles. The summed E-state index contributed by atoms with van der Waals surface area (Å²) >= 11 is 0. The van der Waals surface area contributed by atoms with Gasteiger partial charge in [0.05, 0.1) is 0 Å². The molecule has 1 atom stereocenters. The van der Waals surface area contributed by atoms with E-state index < -0.39 is 6.10 Å². The van der Waals surface area contributed by atoms with Gasteiger partial charge in [-0.25, -0.2) is 9.97 Å². The van der Waals surface area contributed by atoms with Gasteiger partial charge >= 0.3 is 0 Å². The summed E-state index contributed by atoms with van der Waals surface area (Å²) in [5.41, 5.74) is 1.98. The Balaban J connectivity index is 1.51. The topological polar surface area (TPSA) is 78.8 Å². The fourth-order valence-electron chi connectivity index (χ4n) is 3.08. The molecule has 1 fully saturated rings. The SMILES string of the molecule is CCc1cc(N2CCN(C(=O)C(O)COc3ccccc3C)CC2)ncn1. The van der Waals surface area contributed by atoms with E-state index in [0.717, 1.165) is 23.5 Å². The molecule has 1 N–H and O–H groups in total. The molecule has 0 saturated carbocycles. The Labute approximate surface area is 159 Å². The van der Waals surface area contributed by atoms with Crippen molar-refractivity contribution in [3.8, 4) is 5.75 Å². The highest BCUT2D eigenvalue weighted by atomic mass is 16.5. The molecule has 1 aromatic carbocycles. The molecule has 1 aliphatic heterocycles. The number of piperazine rings is 1. The number of aliphatic hydroxyl groups excluding tert-OH is 1. The molecule has 7 nitrogen and oxygen atoms in total. The number of ether oxygens (including phenoxy) is 1. The van der Waals surface area contributed by atoms with Gasteiger partial charge in [0, 0.05) is 37.9 Å². The van der Waals surface area contributed by atoms with Crippen LogP contribution in [0.1, 0.15) is 18.2 Å². The van der Waals surface area contributed by atoms with Gasteiger partial charge in [0.15, 0.2) is 6.10 Å². The Morgan fingerprint density at radius 3 is 2.67 bits per heavy atom. The number of aliphatic hydroxyl groups is 1. The number of aromatic nitrogens is 2. The zero-order valence-electron chi connectivity index (χ0n) is 15.8. The molecule has 144 valence electrons. The van der Waals surface area contributed by atoms with Crippen LogP contribution in [0.3, 0.4) is 0 Å². The molecule has 0 bridgehead atoms. The number of hydrogen-bond donors (Lipinski definition) is 1. The van der Waals surface area contributed by atoms with Crippen molar-refractivity contribution in [1.29, 1.82) is 0 Å². The maximum Gasteiger partial charge on any atom is 0.255 e. The lowest BCUT2D eigenvalue weighted by molar-refractivity contribution is -0.142. The van der Waals surface area contributed by atoms with Crippen LogP contribution in [0.4, 0.5) is 5.82 Å². The minimum Gasteiger partial charge on any atom is -0.490 e. The zero-order valence-corrected chi connectivity index (χ0v) is 15.8. The van der Waals surface area contributed by atoms with Gasteiger partial charge < -0.3 is 19.6 Å². The fraction of sp³-hybridized carbons (Fsp3) is 0.450. The minimum absolute atomic E-state index is 0.0460. The molecule has 1 aliphatic rings. The van der Waals surface area contributed by atoms with Gasteiger partial charge in [-0.15, -0.1) is 0 Å². The summed E-state index contributed by atoms with van der Waals surface area (Å²) in [6, 6.07) is 9.54. The molecule has 1 amide bonds. The molecule has 3 rings (SSSR count). The van der Waals surface area contributed by atoms with Gasteiger partial charge in [0.2, 0.25) is 0 Å². The van der Waals surface area contributed by atoms with E-state index in [1.165, 1.54) is 0 Å². The van der Waals surface area contributed by atoms with Crippen molar-refractivity contribution in [2.75, 3.05) is 37.7 Å². The molecule has 27 heavy (non-hydrogen) atoms. The van der Waals surface area contributed by atoms with Gasteiger partial charge in [-0.2, -0.15) is 0 Å². The highest BCUT2D eigenvalue weighted by Crippen LogP contribution is 2.17. The molecule has 1 aromatic heterocycles. The Kier molecular flexibility index (Phi) is 6.24. The molecule has 1 unspecified atom stereocenters. The van der Waals surface area contributed by atoms with Gasteiger partial charge in [0.1, 0.15) is 24.5 Å². The summed E-state index contributed by atoms with van der Waals surface area (Å²) in [5.74, 6) is 1.28.